The first-order valence-electron chi connectivity index (χ1n) is 7.40. The third-order valence-corrected chi connectivity index (χ3v) is 2.99. The summed E-state index contributed by atoms with van der Waals surface area (Å²) in [6.07, 6.45) is 9.64. The van der Waals surface area contributed by atoms with Crippen LogP contribution in [0.15, 0.2) is 12.2 Å². The van der Waals surface area contributed by atoms with E-state index >= 15 is 0 Å². The molecule has 0 saturated carbocycles. The van der Waals surface area contributed by atoms with Crippen LogP contribution in [0, 0.1) is 0 Å². The predicted molar refractivity (Wildman–Crippen MR) is 77.8 cm³/mol. The largest absolute Gasteiger partial charge is 0.394 e. The molecule has 0 aliphatic carbocycles. The number of allylic oxidation sites excluding steroid dienone is 1. The lowest BCUT2D eigenvalue weighted by molar-refractivity contribution is -0.122. The molecule has 0 bridgehead atoms. The summed E-state index contributed by atoms with van der Waals surface area (Å²) in [5.74, 6) is -0.128. The van der Waals surface area contributed by atoms with Gasteiger partial charge in [0.05, 0.1) is 18.8 Å². The van der Waals surface area contributed by atoms with Gasteiger partial charge in [-0.2, -0.15) is 0 Å². The van der Waals surface area contributed by atoms with E-state index in [4.69, 9.17) is 0 Å². The molecule has 3 N–H and O–H groups in total. The van der Waals surface area contributed by atoms with Gasteiger partial charge in [0.2, 0.25) is 5.91 Å². The van der Waals surface area contributed by atoms with E-state index in [9.17, 15) is 15.0 Å². The lowest BCUT2D eigenvalue weighted by atomic mass is 10.1. The number of carbonyl (C=O) groups is 1. The second-order valence-electron chi connectivity index (χ2n) is 4.87. The minimum atomic E-state index is -0.822. The molecule has 1 amide bonds. The number of aliphatic hydroxyl groups is 2. The zero-order valence-corrected chi connectivity index (χ0v) is 12.3. The minimum absolute atomic E-state index is 0.128. The van der Waals surface area contributed by atoms with Gasteiger partial charge in [0.15, 0.2) is 0 Å². The first-order valence-corrected chi connectivity index (χ1v) is 7.40. The Hall–Kier alpha value is -0.870. The van der Waals surface area contributed by atoms with Crippen molar-refractivity contribution >= 4 is 5.91 Å². The fourth-order valence-electron chi connectivity index (χ4n) is 1.80. The van der Waals surface area contributed by atoms with Gasteiger partial charge in [0.1, 0.15) is 0 Å². The quantitative estimate of drug-likeness (QED) is 0.398. The van der Waals surface area contributed by atoms with Crippen molar-refractivity contribution in [2.45, 2.75) is 70.9 Å². The van der Waals surface area contributed by atoms with Gasteiger partial charge in [-0.3, -0.25) is 4.79 Å². The van der Waals surface area contributed by atoms with E-state index in [0.29, 0.717) is 6.42 Å². The smallest absolute Gasteiger partial charge is 0.220 e. The minimum Gasteiger partial charge on any atom is -0.394 e. The van der Waals surface area contributed by atoms with Crippen molar-refractivity contribution < 1.29 is 15.0 Å². The van der Waals surface area contributed by atoms with Crippen molar-refractivity contribution in [3.05, 3.63) is 12.2 Å². The van der Waals surface area contributed by atoms with Crippen molar-refractivity contribution in [1.82, 2.24) is 5.32 Å². The summed E-state index contributed by atoms with van der Waals surface area (Å²) in [4.78, 5) is 11.4. The van der Waals surface area contributed by atoms with Gasteiger partial charge in [0.25, 0.3) is 0 Å². The van der Waals surface area contributed by atoms with Crippen molar-refractivity contribution in [1.29, 1.82) is 0 Å². The van der Waals surface area contributed by atoms with Crippen LogP contribution in [0.3, 0.4) is 0 Å². The van der Waals surface area contributed by atoms with Gasteiger partial charge in [-0.05, 0) is 19.3 Å². The van der Waals surface area contributed by atoms with Crippen molar-refractivity contribution in [2.24, 2.45) is 0 Å². The zero-order chi connectivity index (χ0) is 14.5. The molecule has 0 aliphatic heterocycles. The molecule has 0 aromatic carbocycles. The Bertz CT molecular complexity index is 254. The van der Waals surface area contributed by atoms with Crippen LogP contribution < -0.4 is 5.32 Å². The van der Waals surface area contributed by atoms with Crippen LogP contribution in [-0.2, 0) is 4.79 Å². The molecule has 0 aromatic heterocycles. The van der Waals surface area contributed by atoms with E-state index in [-0.39, 0.29) is 12.5 Å². The summed E-state index contributed by atoms with van der Waals surface area (Å²) in [6.45, 7) is 3.83. The van der Waals surface area contributed by atoms with Crippen LogP contribution in [0.25, 0.3) is 0 Å². The molecule has 2 atom stereocenters. The Kier molecular flexibility index (Phi) is 11.6. The van der Waals surface area contributed by atoms with E-state index < -0.39 is 12.1 Å². The highest BCUT2D eigenvalue weighted by Crippen LogP contribution is 2.04. The monoisotopic (exact) mass is 271 g/mol. The lowest BCUT2D eigenvalue weighted by Crippen LogP contribution is -2.45. The SMILES string of the molecule is CCCCCC/C=C/C(O)C(CO)NC(=O)CCC. The van der Waals surface area contributed by atoms with Crippen LogP contribution in [0.4, 0.5) is 0 Å². The van der Waals surface area contributed by atoms with Crippen LogP contribution in [-0.4, -0.2) is 34.9 Å². The van der Waals surface area contributed by atoms with Gasteiger partial charge in [-0.15, -0.1) is 0 Å². The summed E-state index contributed by atoms with van der Waals surface area (Å²) < 4.78 is 0. The number of nitrogens with one attached hydrogen (secondary N) is 1. The van der Waals surface area contributed by atoms with Gasteiger partial charge in [-0.25, -0.2) is 0 Å². The highest BCUT2D eigenvalue weighted by Gasteiger charge is 2.17. The highest BCUT2D eigenvalue weighted by atomic mass is 16.3. The molecule has 112 valence electrons. The molecule has 2 unspecified atom stereocenters. The number of unbranched alkanes of at least 4 members (excludes halogenated alkanes) is 4. The fourth-order valence-corrected chi connectivity index (χ4v) is 1.80. The maximum Gasteiger partial charge on any atom is 0.220 e. The summed E-state index contributed by atoms with van der Waals surface area (Å²) >= 11 is 0. The van der Waals surface area contributed by atoms with Gasteiger partial charge in [-0.1, -0.05) is 45.3 Å². The molecule has 0 spiro atoms. The van der Waals surface area contributed by atoms with Gasteiger partial charge in [0, 0.05) is 6.42 Å². The second kappa shape index (κ2) is 12.2. The molecule has 0 heterocycles. The number of hydrogen-bond acceptors (Lipinski definition) is 3. The molecule has 0 rings (SSSR count). The normalized spacial score (nSPS) is 14.5. The molecule has 0 fully saturated rings. The molecule has 0 radical (unpaired) electrons. The third-order valence-electron chi connectivity index (χ3n) is 2.99. The maximum absolute atomic E-state index is 11.4. The van der Waals surface area contributed by atoms with E-state index in [1.165, 1.54) is 19.3 Å². The summed E-state index contributed by atoms with van der Waals surface area (Å²) in [7, 11) is 0. The summed E-state index contributed by atoms with van der Waals surface area (Å²) in [6, 6.07) is -0.606. The molecule has 19 heavy (non-hydrogen) atoms. The van der Waals surface area contributed by atoms with Crippen LogP contribution in [0.1, 0.15) is 58.8 Å². The molecular weight excluding hydrogens is 242 g/mol. The molecule has 0 aromatic rings. The number of rotatable bonds is 11. The number of hydrogen-bond donors (Lipinski definition) is 3. The lowest BCUT2D eigenvalue weighted by Gasteiger charge is -2.19. The van der Waals surface area contributed by atoms with Gasteiger partial charge < -0.3 is 15.5 Å². The molecular formula is C15H29NO3. The Morgan fingerprint density at radius 3 is 2.53 bits per heavy atom. The first-order chi connectivity index (χ1) is 9.15. The van der Waals surface area contributed by atoms with Gasteiger partial charge >= 0.3 is 0 Å². The standard InChI is InChI=1S/C15H29NO3/c1-3-5-6-7-8-9-11-14(18)13(12-17)16-15(19)10-4-2/h9,11,13-14,17-18H,3-8,10,12H2,1-2H3,(H,16,19)/b11-9+. The van der Waals surface area contributed by atoms with Crippen molar-refractivity contribution in [2.75, 3.05) is 6.61 Å². The van der Waals surface area contributed by atoms with Crippen molar-refractivity contribution in [3.8, 4) is 0 Å². The topological polar surface area (TPSA) is 69.6 Å². The number of amides is 1. The molecule has 4 nitrogen and oxygen atoms in total. The number of aliphatic hydroxyl groups excluding tert-OH is 2. The van der Waals surface area contributed by atoms with E-state index in [0.717, 1.165) is 19.3 Å². The summed E-state index contributed by atoms with van der Waals surface area (Å²) in [5, 5.41) is 21.7. The molecule has 0 saturated heterocycles. The Balaban J connectivity index is 3.95. The second-order valence-corrected chi connectivity index (χ2v) is 4.87. The highest BCUT2D eigenvalue weighted by molar-refractivity contribution is 5.76. The Morgan fingerprint density at radius 2 is 1.95 bits per heavy atom. The zero-order valence-electron chi connectivity index (χ0n) is 12.3. The molecule has 4 heteroatoms. The van der Waals surface area contributed by atoms with Crippen LogP contribution >= 0.6 is 0 Å². The van der Waals surface area contributed by atoms with E-state index in [2.05, 4.69) is 12.2 Å². The molecule has 0 aliphatic rings. The average molecular weight is 271 g/mol. The Morgan fingerprint density at radius 1 is 1.21 bits per heavy atom. The first kappa shape index (κ1) is 18.1. The maximum atomic E-state index is 11.4. The van der Waals surface area contributed by atoms with Crippen LogP contribution in [0.2, 0.25) is 0 Å². The predicted octanol–water partition coefficient (Wildman–Crippen LogP) is 2.15. The summed E-state index contributed by atoms with van der Waals surface area (Å²) in [5.41, 5.74) is 0. The number of carbonyl (C=O) groups excluding carboxylic acids is 1. The van der Waals surface area contributed by atoms with E-state index in [1.54, 1.807) is 6.08 Å². The van der Waals surface area contributed by atoms with Crippen LogP contribution in [0.5, 0.6) is 0 Å². The third kappa shape index (κ3) is 9.68. The Labute approximate surface area is 116 Å². The van der Waals surface area contributed by atoms with E-state index in [1.807, 2.05) is 13.0 Å². The van der Waals surface area contributed by atoms with Crippen molar-refractivity contribution in [3.63, 3.8) is 0 Å². The average Bonchev–Trinajstić information content (AvgIpc) is 2.40. The fraction of sp³-hybridized carbons (Fsp3) is 0.800.